The number of nitrogens with one attached hydrogen (secondary N) is 2. The second-order valence-electron chi connectivity index (χ2n) is 6.09. The van der Waals surface area contributed by atoms with E-state index < -0.39 is 11.8 Å². The van der Waals surface area contributed by atoms with E-state index in [-0.39, 0.29) is 6.04 Å². The maximum absolute atomic E-state index is 12.1. The molecule has 0 spiro atoms. The molecule has 0 aromatic heterocycles. The second-order valence-corrected chi connectivity index (χ2v) is 6.09. The van der Waals surface area contributed by atoms with Crippen LogP contribution in [0.4, 0.5) is 5.69 Å². The fourth-order valence-corrected chi connectivity index (χ4v) is 2.83. The number of hydrogen-bond acceptors (Lipinski definition) is 5. The van der Waals surface area contributed by atoms with Crippen molar-refractivity contribution in [3.8, 4) is 6.07 Å². The average Bonchev–Trinajstić information content (AvgIpc) is 2.62. The van der Waals surface area contributed by atoms with Gasteiger partial charge >= 0.3 is 11.8 Å². The fourth-order valence-electron chi connectivity index (χ4n) is 2.83. The molecule has 7 heteroatoms. The fraction of sp³-hybridized carbons (Fsp3) is 0.500. The van der Waals surface area contributed by atoms with E-state index in [4.69, 9.17) is 10.00 Å². The summed E-state index contributed by atoms with van der Waals surface area (Å²) in [7, 11) is 1.67. The molecule has 0 bridgehead atoms. The van der Waals surface area contributed by atoms with Crippen molar-refractivity contribution in [2.24, 2.45) is 0 Å². The van der Waals surface area contributed by atoms with Crippen LogP contribution >= 0.6 is 0 Å². The Morgan fingerprint density at radius 2 is 2.08 bits per heavy atom. The van der Waals surface area contributed by atoms with Crippen molar-refractivity contribution in [1.29, 1.82) is 5.26 Å². The van der Waals surface area contributed by atoms with Crippen LogP contribution in [0.15, 0.2) is 24.3 Å². The van der Waals surface area contributed by atoms with E-state index >= 15 is 0 Å². The zero-order valence-corrected chi connectivity index (χ0v) is 14.5. The second kappa shape index (κ2) is 9.77. The highest BCUT2D eigenvalue weighted by molar-refractivity contribution is 6.39. The summed E-state index contributed by atoms with van der Waals surface area (Å²) in [5.41, 5.74) is 1.40. The topological polar surface area (TPSA) is 94.5 Å². The Morgan fingerprint density at radius 3 is 2.76 bits per heavy atom. The van der Waals surface area contributed by atoms with E-state index in [1.165, 1.54) is 0 Å². The minimum atomic E-state index is -0.679. The number of carbonyl (C=O) groups is 2. The minimum absolute atomic E-state index is 0.0261. The highest BCUT2D eigenvalue weighted by atomic mass is 16.5. The molecule has 2 amide bonds. The van der Waals surface area contributed by atoms with Crippen LogP contribution in [0.2, 0.25) is 0 Å². The van der Waals surface area contributed by atoms with Crippen LogP contribution < -0.4 is 10.6 Å². The van der Waals surface area contributed by atoms with Gasteiger partial charge in [-0.15, -0.1) is 0 Å². The van der Waals surface area contributed by atoms with Gasteiger partial charge in [0.2, 0.25) is 0 Å². The van der Waals surface area contributed by atoms with E-state index in [2.05, 4.69) is 21.6 Å². The van der Waals surface area contributed by atoms with Crippen molar-refractivity contribution in [3.05, 3.63) is 29.8 Å². The van der Waals surface area contributed by atoms with Crippen LogP contribution in [0.5, 0.6) is 0 Å². The number of ether oxygens (including phenoxy) is 1. The molecule has 1 heterocycles. The molecule has 0 unspecified atom stereocenters. The standard InChI is InChI=1S/C18H24N4O3/c1-25-12-11-22-10-2-3-16(13-22)21-18(24)17(23)20-15-6-4-14(5-7-15)8-9-19/h4-7,16H,2-3,8,10-13H2,1H3,(H,20,23)(H,21,24)/t16-/m0/s1. The molecule has 0 aliphatic carbocycles. The Labute approximate surface area is 147 Å². The lowest BCUT2D eigenvalue weighted by Crippen LogP contribution is -2.50. The molecule has 1 aromatic carbocycles. The molecule has 25 heavy (non-hydrogen) atoms. The molecule has 1 aliphatic heterocycles. The van der Waals surface area contributed by atoms with E-state index in [1.807, 2.05) is 0 Å². The highest BCUT2D eigenvalue weighted by Crippen LogP contribution is 2.11. The first-order valence-electron chi connectivity index (χ1n) is 8.41. The summed E-state index contributed by atoms with van der Waals surface area (Å²) in [5, 5.41) is 14.0. The summed E-state index contributed by atoms with van der Waals surface area (Å²) in [5.74, 6) is -1.30. The minimum Gasteiger partial charge on any atom is -0.383 e. The lowest BCUT2D eigenvalue weighted by atomic mass is 10.1. The molecule has 2 N–H and O–H groups in total. The largest absolute Gasteiger partial charge is 0.383 e. The Kier molecular flexibility index (Phi) is 7.38. The molecule has 2 rings (SSSR count). The van der Waals surface area contributed by atoms with Crippen molar-refractivity contribution in [2.45, 2.75) is 25.3 Å². The number of nitrogens with zero attached hydrogens (tertiary/aromatic N) is 2. The van der Waals surface area contributed by atoms with E-state index in [0.717, 1.165) is 38.0 Å². The molecule has 7 nitrogen and oxygen atoms in total. The Morgan fingerprint density at radius 1 is 1.32 bits per heavy atom. The molecule has 1 saturated heterocycles. The molecule has 0 radical (unpaired) electrons. The van der Waals surface area contributed by atoms with Crippen LogP contribution in [0.1, 0.15) is 18.4 Å². The van der Waals surface area contributed by atoms with Crippen LogP contribution in [0, 0.1) is 11.3 Å². The zero-order chi connectivity index (χ0) is 18.1. The van der Waals surface area contributed by atoms with Crippen molar-refractivity contribution in [2.75, 3.05) is 38.7 Å². The lowest BCUT2D eigenvalue weighted by molar-refractivity contribution is -0.136. The summed E-state index contributed by atoms with van der Waals surface area (Å²) >= 11 is 0. The number of amides is 2. The molecular weight excluding hydrogens is 320 g/mol. The predicted octanol–water partition coefficient (Wildman–Crippen LogP) is 0.918. The van der Waals surface area contributed by atoms with Gasteiger partial charge in [0, 0.05) is 31.9 Å². The van der Waals surface area contributed by atoms with Crippen LogP contribution in [0.25, 0.3) is 0 Å². The van der Waals surface area contributed by atoms with Gasteiger partial charge in [-0.1, -0.05) is 12.1 Å². The number of likely N-dealkylation sites (tertiary alicyclic amines) is 1. The van der Waals surface area contributed by atoms with Crippen molar-refractivity contribution >= 4 is 17.5 Å². The number of carbonyl (C=O) groups excluding carboxylic acids is 2. The smallest absolute Gasteiger partial charge is 0.313 e. The molecule has 1 aromatic rings. The van der Waals surface area contributed by atoms with Gasteiger partial charge < -0.3 is 15.4 Å². The van der Waals surface area contributed by atoms with Gasteiger partial charge in [0.25, 0.3) is 0 Å². The summed E-state index contributed by atoms with van der Waals surface area (Å²) in [6.07, 6.45) is 2.16. The Bertz CT molecular complexity index is 624. The van der Waals surface area contributed by atoms with Crippen molar-refractivity contribution in [1.82, 2.24) is 10.2 Å². The molecule has 1 fully saturated rings. The van der Waals surface area contributed by atoms with Crippen molar-refractivity contribution in [3.63, 3.8) is 0 Å². The first-order chi connectivity index (χ1) is 12.1. The lowest BCUT2D eigenvalue weighted by Gasteiger charge is -2.32. The third kappa shape index (κ3) is 6.18. The van der Waals surface area contributed by atoms with E-state index in [9.17, 15) is 9.59 Å². The van der Waals surface area contributed by atoms with Gasteiger partial charge in [0.1, 0.15) is 0 Å². The average molecular weight is 344 g/mol. The number of hydrogen-bond donors (Lipinski definition) is 2. The first-order valence-corrected chi connectivity index (χ1v) is 8.41. The molecule has 1 aliphatic rings. The van der Waals surface area contributed by atoms with Gasteiger partial charge in [0.15, 0.2) is 0 Å². The molecule has 0 saturated carbocycles. The van der Waals surface area contributed by atoms with Gasteiger partial charge in [-0.2, -0.15) is 5.26 Å². The third-order valence-electron chi connectivity index (χ3n) is 4.15. The van der Waals surface area contributed by atoms with Crippen molar-refractivity contribution < 1.29 is 14.3 Å². The zero-order valence-electron chi connectivity index (χ0n) is 14.5. The third-order valence-corrected chi connectivity index (χ3v) is 4.15. The van der Waals surface area contributed by atoms with Gasteiger partial charge in [-0.25, -0.2) is 0 Å². The van der Waals surface area contributed by atoms with Gasteiger partial charge in [-0.3, -0.25) is 14.5 Å². The SMILES string of the molecule is COCCN1CCC[C@H](NC(=O)C(=O)Nc2ccc(CC#N)cc2)C1. The molecule has 1 atom stereocenters. The predicted molar refractivity (Wildman–Crippen MR) is 93.9 cm³/mol. The van der Waals surface area contributed by atoms with E-state index in [1.54, 1.807) is 31.4 Å². The Hall–Kier alpha value is -2.43. The van der Waals surface area contributed by atoms with Gasteiger partial charge in [0.05, 0.1) is 19.1 Å². The Balaban J connectivity index is 1.81. The quantitative estimate of drug-likeness (QED) is 0.748. The summed E-state index contributed by atoms with van der Waals surface area (Å²) in [6, 6.07) is 8.92. The van der Waals surface area contributed by atoms with E-state index in [0.29, 0.717) is 18.7 Å². The number of rotatable bonds is 6. The molecule has 134 valence electrons. The maximum Gasteiger partial charge on any atom is 0.313 e. The van der Waals surface area contributed by atoms with Crippen LogP contribution in [-0.4, -0.2) is 56.1 Å². The van der Waals surface area contributed by atoms with Gasteiger partial charge in [-0.05, 0) is 37.1 Å². The number of methoxy groups -OCH3 is 1. The molecular formula is C18H24N4O3. The normalized spacial score (nSPS) is 17.5. The monoisotopic (exact) mass is 344 g/mol. The number of anilines is 1. The summed E-state index contributed by atoms with van der Waals surface area (Å²) in [6.45, 7) is 3.19. The maximum atomic E-state index is 12.1. The first kappa shape index (κ1) is 18.9. The number of nitriles is 1. The number of benzene rings is 1. The highest BCUT2D eigenvalue weighted by Gasteiger charge is 2.23. The van der Waals surface area contributed by atoms with Crippen LogP contribution in [-0.2, 0) is 20.7 Å². The van der Waals surface area contributed by atoms with Crippen LogP contribution in [0.3, 0.4) is 0 Å². The summed E-state index contributed by atoms with van der Waals surface area (Å²) in [4.78, 5) is 26.4. The summed E-state index contributed by atoms with van der Waals surface area (Å²) < 4.78 is 5.08. The number of piperidine rings is 1.